The fraction of sp³-hybridized carbons (Fsp3) is 0.800. The van der Waals surface area contributed by atoms with E-state index in [2.05, 4.69) is 55.4 Å². The maximum atomic E-state index is 3.77. The van der Waals surface area contributed by atoms with Crippen molar-refractivity contribution in [3.63, 3.8) is 0 Å². The molecule has 0 aromatic heterocycles. The molecule has 0 heterocycles. The summed E-state index contributed by atoms with van der Waals surface area (Å²) in [6.45, 7) is 20.0. The predicted octanol–water partition coefficient (Wildman–Crippen LogP) is -5.26. The Morgan fingerprint density at radius 3 is 0.571 bits per heavy atom. The number of hydrogen-bond donors (Lipinski definition) is 0. The van der Waals surface area contributed by atoms with E-state index in [0.717, 1.165) is 0 Å². The van der Waals surface area contributed by atoms with Gasteiger partial charge in [-0.3, -0.25) is 0 Å². The quantitative estimate of drug-likeness (QED) is 0.305. The first-order chi connectivity index (χ1) is 4.00. The minimum Gasteiger partial charge on any atom is -1.00 e. The van der Waals surface area contributed by atoms with Crippen molar-refractivity contribution < 1.29 is 59.6 Å². The van der Waals surface area contributed by atoms with Gasteiger partial charge in [-0.15, -0.1) is 0 Å². The van der Waals surface area contributed by atoms with Gasteiger partial charge in [-0.25, -0.2) is 0 Å². The smallest absolute Gasteiger partial charge is 1.00 e. The van der Waals surface area contributed by atoms with Crippen molar-refractivity contribution in [3.8, 4) is 0 Å². The maximum Gasteiger partial charge on any atom is 5.00 e. The monoisotopic (exact) mass is 340 g/mol. The Morgan fingerprint density at radius 1 is 0.571 bits per heavy atom. The Bertz CT molecular complexity index is 58.3. The summed E-state index contributed by atoms with van der Waals surface area (Å²) in [4.78, 5) is 0. The molecule has 14 heavy (non-hydrogen) atoms. The molecule has 0 aliphatic carbocycles. The van der Waals surface area contributed by atoms with E-state index >= 15 is 0 Å². The summed E-state index contributed by atoms with van der Waals surface area (Å²) in [5.41, 5.74) is 0.500. The van der Waals surface area contributed by atoms with Gasteiger partial charge < -0.3 is 51.1 Å². The molecule has 0 aromatic rings. The van der Waals surface area contributed by atoms with Gasteiger partial charge in [0.1, 0.15) is 0 Å². The first-order valence-corrected chi connectivity index (χ1v) is 3.71. The first kappa shape index (κ1) is 36.1. The molecular formula is C10H22Cl3Nb. The van der Waals surface area contributed by atoms with Gasteiger partial charge in [-0.1, -0.05) is 41.5 Å². The van der Waals surface area contributed by atoms with Crippen molar-refractivity contribution in [2.45, 2.75) is 41.5 Å². The molecule has 0 unspecified atom stereocenters. The Hall–Kier alpha value is 1.61. The molecular weight excluding hydrogens is 319 g/mol. The fourth-order valence-corrected chi connectivity index (χ4v) is 0. The second-order valence-electron chi connectivity index (χ2n) is 5.12. The molecule has 0 fully saturated rings. The van der Waals surface area contributed by atoms with Gasteiger partial charge in [0, 0.05) is 0 Å². The topological polar surface area (TPSA) is 0 Å². The predicted molar refractivity (Wildman–Crippen MR) is 49.6 cm³/mol. The average molecular weight is 342 g/mol. The summed E-state index contributed by atoms with van der Waals surface area (Å²) in [5.74, 6) is 0. The second kappa shape index (κ2) is 14.6. The molecule has 0 aliphatic heterocycles. The van der Waals surface area contributed by atoms with Crippen molar-refractivity contribution in [2.24, 2.45) is 10.8 Å². The molecule has 0 aliphatic rings. The van der Waals surface area contributed by atoms with Crippen LogP contribution in [0.25, 0.3) is 0 Å². The summed E-state index contributed by atoms with van der Waals surface area (Å²) in [6.07, 6.45) is 0. The van der Waals surface area contributed by atoms with Crippen molar-refractivity contribution in [1.82, 2.24) is 0 Å². The van der Waals surface area contributed by atoms with E-state index < -0.39 is 0 Å². The van der Waals surface area contributed by atoms with Crippen LogP contribution in [0, 0.1) is 24.7 Å². The van der Waals surface area contributed by atoms with E-state index in [1.165, 1.54) is 0 Å². The van der Waals surface area contributed by atoms with E-state index in [4.69, 9.17) is 0 Å². The van der Waals surface area contributed by atoms with Gasteiger partial charge >= 0.3 is 22.4 Å². The fourth-order valence-electron chi connectivity index (χ4n) is 0. The van der Waals surface area contributed by atoms with E-state index in [9.17, 15) is 0 Å². The molecule has 0 saturated heterocycles. The van der Waals surface area contributed by atoms with Crippen molar-refractivity contribution >= 4 is 0 Å². The molecule has 0 rings (SSSR count). The third-order valence-corrected chi connectivity index (χ3v) is 0. The Morgan fingerprint density at radius 2 is 0.571 bits per heavy atom. The van der Waals surface area contributed by atoms with Crippen molar-refractivity contribution in [1.29, 1.82) is 0 Å². The van der Waals surface area contributed by atoms with E-state index in [-0.39, 0.29) is 70.4 Å². The van der Waals surface area contributed by atoms with E-state index in [1.54, 1.807) is 0 Å². The van der Waals surface area contributed by atoms with Gasteiger partial charge in [0.2, 0.25) is 0 Å². The zero-order chi connectivity index (χ0) is 9.00. The largest absolute Gasteiger partial charge is 5.00 e. The van der Waals surface area contributed by atoms with Crippen LogP contribution in [0.15, 0.2) is 0 Å². The molecule has 0 radical (unpaired) electrons. The van der Waals surface area contributed by atoms with Crippen molar-refractivity contribution in [3.05, 3.63) is 13.8 Å². The SMILES string of the molecule is [CH2-]C(C)(C)C.[CH2-]C(C)(C)C.[Cl-].[Cl-].[Cl-].[Nb+5]. The van der Waals surface area contributed by atoms with Crippen LogP contribution >= 0.6 is 0 Å². The van der Waals surface area contributed by atoms with Gasteiger partial charge in [-0.2, -0.15) is 10.8 Å². The van der Waals surface area contributed by atoms with Crippen molar-refractivity contribution in [2.75, 3.05) is 0 Å². The van der Waals surface area contributed by atoms with Crippen LogP contribution in [0.2, 0.25) is 0 Å². The summed E-state index contributed by atoms with van der Waals surface area (Å²) in [5, 5.41) is 0. The summed E-state index contributed by atoms with van der Waals surface area (Å²) in [6, 6.07) is 0. The van der Waals surface area contributed by atoms with E-state index in [0.29, 0.717) is 0 Å². The minimum atomic E-state index is 0. The maximum absolute atomic E-state index is 3.77. The van der Waals surface area contributed by atoms with Gasteiger partial charge in [0.25, 0.3) is 0 Å². The average Bonchev–Trinajstić information content (AvgIpc) is 1.12. The second-order valence-corrected chi connectivity index (χ2v) is 5.12. The summed E-state index contributed by atoms with van der Waals surface area (Å²) >= 11 is 0. The molecule has 0 atom stereocenters. The van der Waals surface area contributed by atoms with Gasteiger partial charge in [0.15, 0.2) is 0 Å². The normalized spacial score (nSPS) is 8.57. The number of hydrogen-bond acceptors (Lipinski definition) is 0. The van der Waals surface area contributed by atoms with Crippen LogP contribution in [-0.4, -0.2) is 0 Å². The van der Waals surface area contributed by atoms with Crippen LogP contribution in [0.1, 0.15) is 41.5 Å². The summed E-state index contributed by atoms with van der Waals surface area (Å²) < 4.78 is 0. The molecule has 88 valence electrons. The Labute approximate surface area is 125 Å². The molecule has 0 N–H and O–H groups in total. The molecule has 0 bridgehead atoms. The van der Waals surface area contributed by atoms with Crippen LogP contribution in [-0.2, 0) is 22.4 Å². The molecule has 0 saturated carbocycles. The van der Waals surface area contributed by atoms with Gasteiger partial charge in [-0.05, 0) is 0 Å². The molecule has 0 spiro atoms. The first-order valence-electron chi connectivity index (χ1n) is 3.71. The Kier molecular flexibility index (Phi) is 37.7. The minimum absolute atomic E-state index is 0. The van der Waals surface area contributed by atoms with Crippen LogP contribution in [0.5, 0.6) is 0 Å². The standard InChI is InChI=1S/2C5H11.3ClH.Nb/c2*1-5(2,3)4;;;;/h2*1H2,2-4H3;3*1H;/q2*-1;;;;+5/p-3. The number of rotatable bonds is 0. The molecule has 4 heteroatoms. The van der Waals surface area contributed by atoms with E-state index in [1.807, 2.05) is 0 Å². The third kappa shape index (κ3) is 835. The number of halogens is 3. The zero-order valence-corrected chi connectivity index (χ0v) is 14.5. The van der Waals surface area contributed by atoms with Crippen LogP contribution in [0.3, 0.4) is 0 Å². The molecule has 0 amide bonds. The molecule has 0 aromatic carbocycles. The van der Waals surface area contributed by atoms with Crippen LogP contribution in [0.4, 0.5) is 0 Å². The third-order valence-electron chi connectivity index (χ3n) is 0. The summed E-state index contributed by atoms with van der Waals surface area (Å²) in [7, 11) is 0. The Balaban J connectivity index is -0.0000000178. The van der Waals surface area contributed by atoms with Gasteiger partial charge in [0.05, 0.1) is 0 Å². The zero-order valence-electron chi connectivity index (χ0n) is 10.00. The molecule has 0 nitrogen and oxygen atoms in total. The van der Waals surface area contributed by atoms with Crippen LogP contribution < -0.4 is 37.2 Å².